The van der Waals surface area contributed by atoms with Crippen LogP contribution >= 0.6 is 11.8 Å². The van der Waals surface area contributed by atoms with Gasteiger partial charge in [0.25, 0.3) is 5.69 Å². The first-order valence-electron chi connectivity index (χ1n) is 4.58. The second-order valence-corrected chi connectivity index (χ2v) is 3.84. The van der Waals surface area contributed by atoms with Crippen LogP contribution in [-0.4, -0.2) is 34.4 Å². The van der Waals surface area contributed by atoms with Gasteiger partial charge in [-0.25, -0.2) is 4.98 Å². The lowest BCUT2D eigenvalue weighted by Gasteiger charge is -2.05. The Bertz CT molecular complexity index is 461. The molecule has 0 atom stereocenters. The van der Waals surface area contributed by atoms with E-state index in [2.05, 4.69) is 9.98 Å². The van der Waals surface area contributed by atoms with Crippen LogP contribution in [-0.2, 0) is 0 Å². The van der Waals surface area contributed by atoms with Crippen molar-refractivity contribution < 1.29 is 9.66 Å². The molecule has 0 N–H and O–H groups in total. The van der Waals surface area contributed by atoms with Crippen LogP contribution in [0.15, 0.2) is 17.3 Å². The normalized spacial score (nSPS) is 14.4. The monoisotopic (exact) mass is 239 g/mol. The van der Waals surface area contributed by atoms with E-state index in [1.165, 1.54) is 24.0 Å². The summed E-state index contributed by atoms with van der Waals surface area (Å²) in [6, 6.07) is 1.45. The average molecular weight is 239 g/mol. The SMILES string of the molecule is CSC1=NCCOc2ncc([N+](=O)[O-])cc21. The molecule has 1 aromatic rings. The van der Waals surface area contributed by atoms with Gasteiger partial charge in [-0.05, 0) is 6.26 Å². The molecule has 7 heteroatoms. The van der Waals surface area contributed by atoms with Gasteiger partial charge in [-0.2, -0.15) is 0 Å². The minimum atomic E-state index is -0.476. The Morgan fingerprint density at radius 3 is 3.12 bits per heavy atom. The molecule has 84 valence electrons. The Kier molecular flexibility index (Phi) is 3.04. The van der Waals surface area contributed by atoms with Gasteiger partial charge in [0.2, 0.25) is 5.88 Å². The zero-order valence-corrected chi connectivity index (χ0v) is 9.36. The van der Waals surface area contributed by atoms with Crippen molar-refractivity contribution in [2.75, 3.05) is 19.4 Å². The van der Waals surface area contributed by atoms with Crippen molar-refractivity contribution in [2.24, 2.45) is 4.99 Å². The Hall–Kier alpha value is -1.63. The first-order chi connectivity index (χ1) is 7.72. The molecule has 6 nitrogen and oxygen atoms in total. The molecule has 0 spiro atoms. The number of hydrogen-bond acceptors (Lipinski definition) is 6. The van der Waals surface area contributed by atoms with Crippen LogP contribution in [0, 0.1) is 10.1 Å². The molecule has 0 saturated carbocycles. The number of nitrogens with zero attached hydrogens (tertiary/aromatic N) is 3. The fourth-order valence-corrected chi connectivity index (χ4v) is 1.94. The molecule has 0 aromatic carbocycles. The van der Waals surface area contributed by atoms with Crippen LogP contribution in [0.3, 0.4) is 0 Å². The van der Waals surface area contributed by atoms with Crippen molar-refractivity contribution in [1.82, 2.24) is 4.98 Å². The van der Waals surface area contributed by atoms with Crippen molar-refractivity contribution in [3.05, 3.63) is 27.9 Å². The van der Waals surface area contributed by atoms with E-state index in [0.29, 0.717) is 24.6 Å². The van der Waals surface area contributed by atoms with Gasteiger partial charge < -0.3 is 4.74 Å². The van der Waals surface area contributed by atoms with E-state index in [0.717, 1.165) is 5.04 Å². The van der Waals surface area contributed by atoms with E-state index in [1.54, 1.807) is 0 Å². The summed E-state index contributed by atoms with van der Waals surface area (Å²) in [6.07, 6.45) is 3.06. The van der Waals surface area contributed by atoms with Crippen LogP contribution in [0.1, 0.15) is 5.56 Å². The van der Waals surface area contributed by atoms with Crippen molar-refractivity contribution in [3.8, 4) is 5.88 Å². The molecular weight excluding hydrogens is 230 g/mol. The van der Waals surface area contributed by atoms with Crippen LogP contribution in [0.25, 0.3) is 0 Å². The third kappa shape index (κ3) is 1.99. The lowest BCUT2D eigenvalue weighted by atomic mass is 10.2. The van der Waals surface area contributed by atoms with Gasteiger partial charge in [0.05, 0.1) is 17.0 Å². The van der Waals surface area contributed by atoms with E-state index in [4.69, 9.17) is 4.74 Å². The third-order valence-electron chi connectivity index (χ3n) is 2.06. The first-order valence-corrected chi connectivity index (χ1v) is 5.81. The number of nitro groups is 1. The minimum Gasteiger partial charge on any atom is -0.475 e. The van der Waals surface area contributed by atoms with Crippen LogP contribution in [0.2, 0.25) is 0 Å². The molecular formula is C9H9N3O3S. The van der Waals surface area contributed by atoms with Gasteiger partial charge in [0.1, 0.15) is 17.8 Å². The molecule has 0 aliphatic carbocycles. The van der Waals surface area contributed by atoms with E-state index in [1.807, 2.05) is 6.26 Å². The first kappa shape index (κ1) is 10.9. The number of aliphatic imine (C=N–C) groups is 1. The summed E-state index contributed by atoms with van der Waals surface area (Å²) in [6.45, 7) is 0.988. The molecule has 0 radical (unpaired) electrons. The Balaban J connectivity index is 2.52. The predicted molar refractivity (Wildman–Crippen MR) is 61.3 cm³/mol. The Labute approximate surface area is 95.9 Å². The second-order valence-electron chi connectivity index (χ2n) is 3.04. The maximum absolute atomic E-state index is 10.6. The summed E-state index contributed by atoms with van der Waals surface area (Å²) in [7, 11) is 0. The number of fused-ring (bicyclic) bond motifs is 1. The molecule has 1 aliphatic rings. The molecule has 0 saturated heterocycles. The molecule has 2 rings (SSSR count). The molecule has 1 aliphatic heterocycles. The zero-order chi connectivity index (χ0) is 11.5. The van der Waals surface area contributed by atoms with Gasteiger partial charge in [-0.15, -0.1) is 11.8 Å². The number of pyridine rings is 1. The predicted octanol–water partition coefficient (Wildman–Crippen LogP) is 1.49. The topological polar surface area (TPSA) is 77.6 Å². The number of hydrogen-bond donors (Lipinski definition) is 0. The number of thioether (sulfide) groups is 1. The van der Waals surface area contributed by atoms with E-state index < -0.39 is 4.92 Å². The van der Waals surface area contributed by atoms with Crippen molar-refractivity contribution in [3.63, 3.8) is 0 Å². The van der Waals surface area contributed by atoms with Crippen LogP contribution in [0.4, 0.5) is 5.69 Å². The number of aromatic nitrogens is 1. The summed E-state index contributed by atoms with van der Waals surface area (Å²) in [5.74, 6) is 0.413. The molecule has 2 heterocycles. The molecule has 1 aromatic heterocycles. The quantitative estimate of drug-likeness (QED) is 0.548. The number of rotatable bonds is 1. The van der Waals surface area contributed by atoms with Gasteiger partial charge in [-0.1, -0.05) is 0 Å². The minimum absolute atomic E-state index is 0.0500. The lowest BCUT2D eigenvalue weighted by molar-refractivity contribution is -0.385. The van der Waals surface area contributed by atoms with Crippen molar-refractivity contribution >= 4 is 22.5 Å². The van der Waals surface area contributed by atoms with Gasteiger partial charge in [0, 0.05) is 6.07 Å². The maximum atomic E-state index is 10.6. The fraction of sp³-hybridized carbons (Fsp3) is 0.333. The highest BCUT2D eigenvalue weighted by atomic mass is 32.2. The molecule has 16 heavy (non-hydrogen) atoms. The Morgan fingerprint density at radius 1 is 1.62 bits per heavy atom. The highest BCUT2D eigenvalue weighted by molar-refractivity contribution is 8.13. The largest absolute Gasteiger partial charge is 0.475 e. The highest BCUT2D eigenvalue weighted by Gasteiger charge is 2.19. The number of ether oxygens (including phenoxy) is 1. The molecule has 0 bridgehead atoms. The van der Waals surface area contributed by atoms with Crippen molar-refractivity contribution in [1.29, 1.82) is 0 Å². The third-order valence-corrected chi connectivity index (χ3v) is 2.79. The smallest absolute Gasteiger partial charge is 0.288 e. The fourth-order valence-electron chi connectivity index (χ4n) is 1.36. The van der Waals surface area contributed by atoms with Crippen LogP contribution < -0.4 is 4.74 Å². The summed E-state index contributed by atoms with van der Waals surface area (Å²) in [5.41, 5.74) is 0.546. The second kappa shape index (κ2) is 4.48. The van der Waals surface area contributed by atoms with Gasteiger partial charge in [-0.3, -0.25) is 15.1 Å². The summed E-state index contributed by atoms with van der Waals surface area (Å²) in [5, 5.41) is 11.4. The maximum Gasteiger partial charge on any atom is 0.288 e. The summed E-state index contributed by atoms with van der Waals surface area (Å²) < 4.78 is 5.35. The van der Waals surface area contributed by atoms with Gasteiger partial charge in [0.15, 0.2) is 0 Å². The molecule has 0 amide bonds. The van der Waals surface area contributed by atoms with Gasteiger partial charge >= 0.3 is 0 Å². The van der Waals surface area contributed by atoms with E-state index >= 15 is 0 Å². The average Bonchev–Trinajstić information content (AvgIpc) is 2.49. The van der Waals surface area contributed by atoms with E-state index in [9.17, 15) is 10.1 Å². The van der Waals surface area contributed by atoms with Crippen LogP contribution in [0.5, 0.6) is 5.88 Å². The van der Waals surface area contributed by atoms with E-state index in [-0.39, 0.29) is 5.69 Å². The van der Waals surface area contributed by atoms with Crippen molar-refractivity contribution in [2.45, 2.75) is 0 Å². The Morgan fingerprint density at radius 2 is 2.44 bits per heavy atom. The summed E-state index contributed by atoms with van der Waals surface area (Å²) in [4.78, 5) is 18.4. The molecule has 0 fully saturated rings. The standard InChI is InChI=1S/C9H9N3O3S/c1-16-9-7-4-6(12(13)14)5-11-8(7)15-3-2-10-9/h4-5H,2-3H2,1H3. The zero-order valence-electron chi connectivity index (χ0n) is 8.54. The highest BCUT2D eigenvalue weighted by Crippen LogP contribution is 2.26. The lowest BCUT2D eigenvalue weighted by Crippen LogP contribution is -2.02. The molecule has 0 unspecified atom stereocenters. The summed E-state index contributed by atoms with van der Waals surface area (Å²) >= 11 is 1.43.